The van der Waals surface area contributed by atoms with E-state index in [2.05, 4.69) is 0 Å². The van der Waals surface area contributed by atoms with Crippen molar-refractivity contribution >= 4 is 24.4 Å². The Labute approximate surface area is 178 Å². The third-order valence-electron chi connectivity index (χ3n) is 5.71. The Balaban J connectivity index is 2.08. The van der Waals surface area contributed by atoms with E-state index >= 15 is 0 Å². The van der Waals surface area contributed by atoms with E-state index in [4.69, 9.17) is 0 Å². The van der Waals surface area contributed by atoms with Crippen LogP contribution in [0.25, 0.3) is 0 Å². The molecule has 3 rings (SSSR count). The molecule has 0 aromatic heterocycles. The Hall–Kier alpha value is -2.77. The summed E-state index contributed by atoms with van der Waals surface area (Å²) in [7, 11) is -2.74. The summed E-state index contributed by atoms with van der Waals surface area (Å²) >= 11 is 0. The Kier molecular flexibility index (Phi) is 6.24. The van der Waals surface area contributed by atoms with Crippen molar-refractivity contribution in [1.29, 1.82) is 0 Å². The Bertz CT molecular complexity index is 1170. The topological polar surface area (TPSA) is 51.2 Å². The Morgan fingerprint density at radius 2 is 1.30 bits per heavy atom. The Morgan fingerprint density at radius 3 is 1.87 bits per heavy atom. The molecule has 3 nitrogen and oxygen atoms in total. The summed E-state index contributed by atoms with van der Waals surface area (Å²) in [5, 5.41) is 0.575. The van der Waals surface area contributed by atoms with Crippen molar-refractivity contribution in [3.05, 3.63) is 98.6 Å². The highest BCUT2D eigenvalue weighted by molar-refractivity contribution is 7.71. The zero-order valence-corrected chi connectivity index (χ0v) is 19.3. The van der Waals surface area contributed by atoms with Crippen molar-refractivity contribution in [3.8, 4) is 0 Å². The van der Waals surface area contributed by atoms with Gasteiger partial charge in [-0.1, -0.05) is 48.0 Å². The first kappa shape index (κ1) is 21.9. The van der Waals surface area contributed by atoms with Gasteiger partial charge in [-0.25, -0.2) is 0 Å². The van der Waals surface area contributed by atoms with Crippen molar-refractivity contribution < 1.29 is 14.2 Å². The molecular formula is C26H27O3P. The number of ketones is 1. The molecule has 0 saturated carbocycles. The highest BCUT2D eigenvalue weighted by atomic mass is 31.1. The summed E-state index contributed by atoms with van der Waals surface area (Å²) in [4.78, 5) is 26.2. The predicted molar refractivity (Wildman–Crippen MR) is 124 cm³/mol. The van der Waals surface area contributed by atoms with Crippen LogP contribution in [0, 0.1) is 41.5 Å². The Morgan fingerprint density at radius 1 is 0.733 bits per heavy atom. The first-order valence-electron chi connectivity index (χ1n) is 10.0. The van der Waals surface area contributed by atoms with Crippen molar-refractivity contribution in [2.45, 2.75) is 41.5 Å². The zero-order valence-electron chi connectivity index (χ0n) is 18.3. The second kappa shape index (κ2) is 8.53. The lowest BCUT2D eigenvalue weighted by Crippen LogP contribution is -2.17. The summed E-state index contributed by atoms with van der Waals surface area (Å²) in [5.41, 5.74) is 6.45. The molecule has 4 heteroatoms. The maximum atomic E-state index is 13.4. The van der Waals surface area contributed by atoms with Crippen LogP contribution in [0.5, 0.6) is 0 Å². The van der Waals surface area contributed by atoms with Crippen LogP contribution < -0.4 is 5.30 Å². The third kappa shape index (κ3) is 3.95. The van der Waals surface area contributed by atoms with Gasteiger partial charge in [-0.2, -0.15) is 0 Å². The van der Waals surface area contributed by atoms with Crippen molar-refractivity contribution in [3.63, 3.8) is 0 Å². The van der Waals surface area contributed by atoms with Gasteiger partial charge in [-0.3, -0.25) is 9.59 Å². The van der Waals surface area contributed by atoms with Crippen molar-refractivity contribution in [2.75, 3.05) is 0 Å². The normalized spacial score (nSPS) is 11.9. The summed E-state index contributed by atoms with van der Waals surface area (Å²) in [6, 6.07) is 14.8. The van der Waals surface area contributed by atoms with Gasteiger partial charge in [0, 0.05) is 22.0 Å². The lowest BCUT2D eigenvalue weighted by Gasteiger charge is -2.17. The number of hydrogen-bond donors (Lipinski definition) is 0. The molecule has 0 N–H and O–H groups in total. The predicted octanol–water partition coefficient (Wildman–Crippen LogP) is 5.79. The highest BCUT2D eigenvalue weighted by Crippen LogP contribution is 2.34. The van der Waals surface area contributed by atoms with Gasteiger partial charge in [-0.15, -0.1) is 0 Å². The summed E-state index contributed by atoms with van der Waals surface area (Å²) in [6.07, 6.45) is 0. The van der Waals surface area contributed by atoms with Crippen molar-refractivity contribution in [2.24, 2.45) is 0 Å². The molecule has 154 valence electrons. The van der Waals surface area contributed by atoms with Crippen LogP contribution in [-0.4, -0.2) is 11.3 Å². The molecule has 0 fully saturated rings. The third-order valence-corrected chi connectivity index (χ3v) is 7.60. The SMILES string of the molecule is Cc1cc(C)c(C(=O)[PH](=O)c2c(C)cc(C(=O)c3ccccc3)c(C)c2C)c(C)c1. The van der Waals surface area contributed by atoms with Crippen LogP contribution in [0.15, 0.2) is 48.5 Å². The molecule has 0 spiro atoms. The second-order valence-electron chi connectivity index (χ2n) is 7.99. The van der Waals surface area contributed by atoms with Crippen LogP contribution >= 0.6 is 7.80 Å². The lowest BCUT2D eigenvalue weighted by molar-refractivity contribution is 0.103. The van der Waals surface area contributed by atoms with Gasteiger partial charge in [0.05, 0.1) is 0 Å². The minimum Gasteiger partial charge on any atom is -0.313 e. The van der Waals surface area contributed by atoms with Crippen molar-refractivity contribution in [1.82, 2.24) is 0 Å². The number of benzene rings is 3. The van der Waals surface area contributed by atoms with E-state index in [0.29, 0.717) is 22.0 Å². The average molecular weight is 418 g/mol. The summed E-state index contributed by atoms with van der Waals surface area (Å²) < 4.78 is 13.4. The fourth-order valence-electron chi connectivity index (χ4n) is 4.18. The minimum absolute atomic E-state index is 0.0675. The molecule has 0 aliphatic rings. The molecule has 30 heavy (non-hydrogen) atoms. The van der Waals surface area contributed by atoms with Crippen LogP contribution in [0.2, 0.25) is 0 Å². The zero-order chi connectivity index (χ0) is 22.2. The molecule has 0 heterocycles. The van der Waals surface area contributed by atoms with E-state index < -0.39 is 7.80 Å². The van der Waals surface area contributed by atoms with E-state index in [1.807, 2.05) is 71.9 Å². The van der Waals surface area contributed by atoms with Gasteiger partial charge in [0.2, 0.25) is 5.52 Å². The van der Waals surface area contributed by atoms with Crippen LogP contribution in [0.1, 0.15) is 59.7 Å². The van der Waals surface area contributed by atoms with Gasteiger partial charge in [0.15, 0.2) is 13.6 Å². The number of carbonyl (C=O) groups is 2. The van der Waals surface area contributed by atoms with Crippen LogP contribution in [0.4, 0.5) is 0 Å². The number of carbonyl (C=O) groups excluding carboxylic acids is 2. The first-order chi connectivity index (χ1) is 14.1. The van der Waals surface area contributed by atoms with Gasteiger partial charge in [0.25, 0.3) is 0 Å². The van der Waals surface area contributed by atoms with Gasteiger partial charge >= 0.3 is 0 Å². The van der Waals surface area contributed by atoms with Crippen LogP contribution in [0.3, 0.4) is 0 Å². The lowest BCUT2D eigenvalue weighted by atomic mass is 9.94. The van der Waals surface area contributed by atoms with Gasteiger partial charge < -0.3 is 4.57 Å². The number of aryl methyl sites for hydroxylation is 4. The molecule has 0 aliphatic heterocycles. The summed E-state index contributed by atoms with van der Waals surface area (Å²) in [6.45, 7) is 11.3. The first-order valence-corrected chi connectivity index (χ1v) is 11.4. The quantitative estimate of drug-likeness (QED) is 0.389. The van der Waals surface area contributed by atoms with E-state index in [1.165, 1.54) is 0 Å². The van der Waals surface area contributed by atoms with Crippen LogP contribution in [-0.2, 0) is 4.57 Å². The molecule has 0 bridgehead atoms. The molecule has 3 aromatic rings. The molecule has 1 atom stereocenters. The van der Waals surface area contributed by atoms with Gasteiger partial charge in [-0.05, 0) is 75.4 Å². The fraction of sp³-hybridized carbons (Fsp3) is 0.231. The summed E-state index contributed by atoms with van der Waals surface area (Å²) in [5.74, 6) is -0.0675. The maximum Gasteiger partial charge on any atom is 0.223 e. The molecule has 3 aromatic carbocycles. The second-order valence-corrected chi connectivity index (χ2v) is 9.61. The van der Waals surface area contributed by atoms with E-state index in [1.54, 1.807) is 18.2 Å². The smallest absolute Gasteiger partial charge is 0.223 e. The van der Waals surface area contributed by atoms with Gasteiger partial charge in [0.1, 0.15) is 0 Å². The standard InChI is InChI=1S/C26H27O3P/c1-15-12-16(2)23(17(3)13-15)26(28)30(29)25-18(4)14-22(19(5)20(25)6)24(27)21-10-8-7-9-11-21/h7-14,30H,1-6H3. The fourth-order valence-corrected chi connectivity index (χ4v) is 5.98. The molecule has 0 saturated heterocycles. The maximum absolute atomic E-state index is 13.4. The number of rotatable bonds is 5. The largest absolute Gasteiger partial charge is 0.313 e. The average Bonchev–Trinajstić information content (AvgIpc) is 2.70. The molecule has 0 amide bonds. The molecular weight excluding hydrogens is 391 g/mol. The van der Waals surface area contributed by atoms with E-state index in [0.717, 1.165) is 33.4 Å². The van der Waals surface area contributed by atoms with E-state index in [-0.39, 0.29) is 11.3 Å². The van der Waals surface area contributed by atoms with E-state index in [9.17, 15) is 14.2 Å². The highest BCUT2D eigenvalue weighted by Gasteiger charge is 2.26. The monoisotopic (exact) mass is 418 g/mol. The molecule has 1 unspecified atom stereocenters. The number of hydrogen-bond acceptors (Lipinski definition) is 3. The molecule has 0 aliphatic carbocycles. The molecule has 0 radical (unpaired) electrons. The minimum atomic E-state index is -2.74.